The fourth-order valence-electron chi connectivity index (χ4n) is 2.25. The zero-order valence-corrected chi connectivity index (χ0v) is 7.18. The van der Waals surface area contributed by atoms with Crippen molar-refractivity contribution >= 4 is 0 Å². The Morgan fingerprint density at radius 2 is 2.36 bits per heavy atom. The van der Waals surface area contributed by atoms with E-state index in [0.29, 0.717) is 0 Å². The molecule has 0 radical (unpaired) electrons. The number of hydrogen-bond donors (Lipinski definition) is 0. The maximum atomic E-state index is 5.84. The molecule has 1 fully saturated rings. The zero-order chi connectivity index (χ0) is 7.73. The monoisotopic (exact) mass is 152 g/mol. The van der Waals surface area contributed by atoms with Gasteiger partial charge in [-0.25, -0.2) is 0 Å². The van der Waals surface area contributed by atoms with E-state index >= 15 is 0 Å². The van der Waals surface area contributed by atoms with Gasteiger partial charge in [0.15, 0.2) is 0 Å². The Hall–Kier alpha value is -0.300. The van der Waals surface area contributed by atoms with Gasteiger partial charge in [-0.15, -0.1) is 0 Å². The molecule has 1 aliphatic carbocycles. The van der Waals surface area contributed by atoms with Crippen LogP contribution in [0.3, 0.4) is 0 Å². The molecule has 2 rings (SSSR count). The van der Waals surface area contributed by atoms with Crippen LogP contribution in [0.1, 0.15) is 32.6 Å². The third kappa shape index (κ3) is 1.34. The summed E-state index contributed by atoms with van der Waals surface area (Å²) in [4.78, 5) is 0. The predicted octanol–water partition coefficient (Wildman–Crippen LogP) is 2.52. The van der Waals surface area contributed by atoms with Crippen LogP contribution in [0.25, 0.3) is 0 Å². The maximum Gasteiger partial charge on any atom is 0.0723 e. The molecule has 1 saturated heterocycles. The third-order valence-electron chi connectivity index (χ3n) is 2.82. The fourth-order valence-corrected chi connectivity index (χ4v) is 2.25. The van der Waals surface area contributed by atoms with Crippen LogP contribution in [0.5, 0.6) is 0 Å². The van der Waals surface area contributed by atoms with Crippen molar-refractivity contribution in [2.45, 2.75) is 38.2 Å². The first kappa shape index (κ1) is 7.35. The van der Waals surface area contributed by atoms with Crippen LogP contribution in [-0.2, 0) is 4.74 Å². The van der Waals surface area contributed by atoms with Gasteiger partial charge in [0.1, 0.15) is 0 Å². The lowest BCUT2D eigenvalue weighted by Gasteiger charge is -2.29. The molecule has 0 bridgehead atoms. The van der Waals surface area contributed by atoms with Gasteiger partial charge < -0.3 is 4.74 Å². The molecule has 1 spiro atoms. The van der Waals surface area contributed by atoms with Crippen molar-refractivity contribution in [2.75, 3.05) is 6.61 Å². The minimum Gasteiger partial charge on any atom is -0.374 e. The van der Waals surface area contributed by atoms with Crippen LogP contribution in [-0.4, -0.2) is 12.2 Å². The Morgan fingerprint density at radius 3 is 2.91 bits per heavy atom. The van der Waals surface area contributed by atoms with Gasteiger partial charge in [-0.1, -0.05) is 19.1 Å². The highest BCUT2D eigenvalue weighted by molar-refractivity contribution is 5.01. The highest BCUT2D eigenvalue weighted by Gasteiger charge is 2.37. The molecular formula is C10H16O. The molecule has 2 aliphatic rings. The molecule has 0 aromatic carbocycles. The summed E-state index contributed by atoms with van der Waals surface area (Å²) in [7, 11) is 0. The normalized spacial score (nSPS) is 43.5. The first-order chi connectivity index (χ1) is 5.31. The maximum absolute atomic E-state index is 5.84. The molecule has 2 unspecified atom stereocenters. The van der Waals surface area contributed by atoms with Gasteiger partial charge in [0.05, 0.1) is 5.60 Å². The second-order valence-electron chi connectivity index (χ2n) is 4.02. The van der Waals surface area contributed by atoms with Crippen molar-refractivity contribution in [2.24, 2.45) is 5.92 Å². The molecular weight excluding hydrogens is 136 g/mol. The van der Waals surface area contributed by atoms with E-state index in [1.54, 1.807) is 0 Å². The van der Waals surface area contributed by atoms with Crippen LogP contribution in [0, 0.1) is 5.92 Å². The van der Waals surface area contributed by atoms with Crippen molar-refractivity contribution in [1.29, 1.82) is 0 Å². The van der Waals surface area contributed by atoms with Gasteiger partial charge in [0, 0.05) is 6.61 Å². The molecule has 1 aliphatic heterocycles. The Balaban J connectivity index is 2.05. The molecule has 1 heteroatoms. The summed E-state index contributed by atoms with van der Waals surface area (Å²) in [6, 6.07) is 0. The van der Waals surface area contributed by atoms with Gasteiger partial charge in [0.2, 0.25) is 0 Å². The standard InChI is InChI=1S/C10H16O/c1-9-7-10(11-8-9)5-3-2-4-6-10/h2-3,9H,4-8H2,1H3. The molecule has 0 saturated carbocycles. The Morgan fingerprint density at radius 1 is 1.45 bits per heavy atom. The number of allylic oxidation sites excluding steroid dienone is 1. The highest BCUT2D eigenvalue weighted by Crippen LogP contribution is 2.38. The Labute approximate surface area is 68.4 Å². The third-order valence-corrected chi connectivity index (χ3v) is 2.82. The summed E-state index contributed by atoms with van der Waals surface area (Å²) in [6.45, 7) is 3.26. The van der Waals surface area contributed by atoms with E-state index in [1.807, 2.05) is 0 Å². The van der Waals surface area contributed by atoms with E-state index < -0.39 is 0 Å². The van der Waals surface area contributed by atoms with E-state index in [4.69, 9.17) is 4.74 Å². The van der Waals surface area contributed by atoms with Crippen LogP contribution < -0.4 is 0 Å². The highest BCUT2D eigenvalue weighted by atomic mass is 16.5. The molecule has 2 atom stereocenters. The lowest BCUT2D eigenvalue weighted by atomic mass is 9.84. The smallest absolute Gasteiger partial charge is 0.0723 e. The van der Waals surface area contributed by atoms with Crippen LogP contribution >= 0.6 is 0 Å². The average molecular weight is 152 g/mol. The molecule has 0 N–H and O–H groups in total. The van der Waals surface area contributed by atoms with E-state index in [2.05, 4.69) is 19.1 Å². The molecule has 62 valence electrons. The van der Waals surface area contributed by atoms with Gasteiger partial charge >= 0.3 is 0 Å². The summed E-state index contributed by atoms with van der Waals surface area (Å²) in [5, 5.41) is 0. The summed E-state index contributed by atoms with van der Waals surface area (Å²) < 4.78 is 5.84. The number of rotatable bonds is 0. The van der Waals surface area contributed by atoms with E-state index in [0.717, 1.165) is 18.9 Å². The van der Waals surface area contributed by atoms with Crippen LogP contribution in [0.15, 0.2) is 12.2 Å². The molecule has 1 heterocycles. The largest absolute Gasteiger partial charge is 0.374 e. The van der Waals surface area contributed by atoms with Crippen molar-refractivity contribution in [1.82, 2.24) is 0 Å². The van der Waals surface area contributed by atoms with E-state index in [9.17, 15) is 0 Å². The van der Waals surface area contributed by atoms with Crippen LogP contribution in [0.4, 0.5) is 0 Å². The molecule has 1 nitrogen and oxygen atoms in total. The summed E-state index contributed by atoms with van der Waals surface area (Å²) in [5.41, 5.74) is 0.258. The second kappa shape index (κ2) is 2.63. The first-order valence-corrected chi connectivity index (χ1v) is 4.60. The van der Waals surface area contributed by atoms with Crippen molar-refractivity contribution in [3.8, 4) is 0 Å². The SMILES string of the molecule is CC1COC2(CC=CCC2)C1. The van der Waals surface area contributed by atoms with Crippen molar-refractivity contribution in [3.63, 3.8) is 0 Å². The first-order valence-electron chi connectivity index (χ1n) is 4.60. The summed E-state index contributed by atoms with van der Waals surface area (Å²) >= 11 is 0. The predicted molar refractivity (Wildman–Crippen MR) is 45.5 cm³/mol. The fraction of sp³-hybridized carbons (Fsp3) is 0.800. The topological polar surface area (TPSA) is 9.23 Å². The van der Waals surface area contributed by atoms with E-state index in [-0.39, 0.29) is 5.60 Å². The van der Waals surface area contributed by atoms with Gasteiger partial charge in [-0.05, 0) is 31.6 Å². The van der Waals surface area contributed by atoms with Gasteiger partial charge in [-0.2, -0.15) is 0 Å². The minimum atomic E-state index is 0.258. The minimum absolute atomic E-state index is 0.258. The second-order valence-corrected chi connectivity index (χ2v) is 4.02. The molecule has 11 heavy (non-hydrogen) atoms. The summed E-state index contributed by atoms with van der Waals surface area (Å²) in [6.07, 6.45) is 9.44. The van der Waals surface area contributed by atoms with Gasteiger partial charge in [-0.3, -0.25) is 0 Å². The zero-order valence-electron chi connectivity index (χ0n) is 7.18. The van der Waals surface area contributed by atoms with E-state index in [1.165, 1.54) is 19.3 Å². The van der Waals surface area contributed by atoms with Crippen molar-refractivity contribution in [3.05, 3.63) is 12.2 Å². The lowest BCUT2D eigenvalue weighted by Crippen LogP contribution is -2.28. The van der Waals surface area contributed by atoms with Gasteiger partial charge in [0.25, 0.3) is 0 Å². The molecule has 0 amide bonds. The lowest BCUT2D eigenvalue weighted by molar-refractivity contribution is -0.00324. The van der Waals surface area contributed by atoms with Crippen molar-refractivity contribution < 1.29 is 4.74 Å². The Kier molecular flexibility index (Phi) is 1.76. The average Bonchev–Trinajstić information content (AvgIpc) is 2.34. The quantitative estimate of drug-likeness (QED) is 0.485. The summed E-state index contributed by atoms with van der Waals surface area (Å²) in [5.74, 6) is 0.779. The Bertz CT molecular complexity index is 174. The van der Waals surface area contributed by atoms with Crippen LogP contribution in [0.2, 0.25) is 0 Å². The number of ether oxygens (including phenoxy) is 1. The molecule has 0 aromatic heterocycles. The molecule has 0 aromatic rings. The number of hydrogen-bond acceptors (Lipinski definition) is 1.